The Labute approximate surface area is 126 Å². The van der Waals surface area contributed by atoms with Crippen molar-refractivity contribution in [1.82, 2.24) is 0 Å². The molecule has 4 bridgehead atoms. The van der Waals surface area contributed by atoms with Crippen LogP contribution >= 0.6 is 0 Å². The zero-order valence-corrected chi connectivity index (χ0v) is 13.1. The van der Waals surface area contributed by atoms with Gasteiger partial charge in [-0.25, -0.2) is 8.42 Å². The maximum Gasteiger partial charge on any atom is 0.305 e. The minimum absolute atomic E-state index is 0.0217. The van der Waals surface area contributed by atoms with Crippen molar-refractivity contribution in [3.63, 3.8) is 0 Å². The van der Waals surface area contributed by atoms with Gasteiger partial charge in [0.2, 0.25) is 0 Å². The van der Waals surface area contributed by atoms with Crippen molar-refractivity contribution >= 4 is 16.1 Å². The van der Waals surface area contributed by atoms with E-state index in [1.165, 1.54) is 38.5 Å². The summed E-state index contributed by atoms with van der Waals surface area (Å²) < 4.78 is 36.9. The number of rotatable bonds is 6. The van der Waals surface area contributed by atoms with Gasteiger partial charge in [0.1, 0.15) is 0 Å². The molecule has 120 valence electrons. The average Bonchev–Trinajstić information content (AvgIpc) is 2.33. The zero-order valence-electron chi connectivity index (χ0n) is 12.3. The minimum Gasteiger partial charge on any atom is -0.748 e. The Kier molecular flexibility index (Phi) is 4.03. The fraction of sp³-hybridized carbons (Fsp3) is 0.933. The molecule has 0 radical (unpaired) electrons. The van der Waals surface area contributed by atoms with Gasteiger partial charge in [-0.2, -0.15) is 0 Å². The highest BCUT2D eigenvalue weighted by molar-refractivity contribution is 7.85. The number of carbonyl (C=O) groups excluding carboxylic acids is 1. The molecule has 0 amide bonds. The molecule has 0 atom stereocenters. The molecule has 0 aliphatic heterocycles. The van der Waals surface area contributed by atoms with E-state index in [2.05, 4.69) is 0 Å². The fourth-order valence-electron chi connectivity index (χ4n) is 5.17. The standard InChI is InChI=1S/C15H24O5S/c16-14(2-1-3-21(17,18)19)20-10-15-7-11-4-12(8-15)6-13(5-11)9-15/h11-13H,1-10H2,(H,17,18,19)/p-1. The Morgan fingerprint density at radius 2 is 1.62 bits per heavy atom. The first-order valence-electron chi connectivity index (χ1n) is 7.93. The van der Waals surface area contributed by atoms with Crippen molar-refractivity contribution in [1.29, 1.82) is 0 Å². The zero-order chi connectivity index (χ0) is 15.1. The molecule has 4 aliphatic rings. The molecule has 5 nitrogen and oxygen atoms in total. The summed E-state index contributed by atoms with van der Waals surface area (Å²) in [5, 5.41) is 0. The molecule has 0 aromatic carbocycles. The lowest BCUT2D eigenvalue weighted by Gasteiger charge is -2.56. The molecule has 0 N–H and O–H groups in total. The Hall–Kier alpha value is -0.620. The second-order valence-electron chi connectivity index (χ2n) is 7.44. The number of hydrogen-bond donors (Lipinski definition) is 0. The Bertz CT molecular complexity index is 475. The summed E-state index contributed by atoms with van der Waals surface area (Å²) in [5.74, 6) is 1.61. The van der Waals surface area contributed by atoms with E-state index in [4.69, 9.17) is 4.74 Å². The topological polar surface area (TPSA) is 83.5 Å². The third-order valence-corrected chi connectivity index (χ3v) is 6.27. The molecule has 4 fully saturated rings. The predicted octanol–water partition coefficient (Wildman–Crippen LogP) is 2.07. The van der Waals surface area contributed by atoms with E-state index in [9.17, 15) is 17.8 Å². The summed E-state index contributed by atoms with van der Waals surface area (Å²) in [5.41, 5.74) is 0.190. The normalized spacial score (nSPS) is 37.7. The van der Waals surface area contributed by atoms with Crippen LogP contribution in [-0.2, 0) is 19.6 Å². The Balaban J connectivity index is 1.46. The second-order valence-corrected chi connectivity index (χ2v) is 8.97. The van der Waals surface area contributed by atoms with Crippen LogP contribution in [0, 0.1) is 23.2 Å². The van der Waals surface area contributed by atoms with E-state index >= 15 is 0 Å². The molecule has 4 aliphatic carbocycles. The number of hydrogen-bond acceptors (Lipinski definition) is 5. The number of ether oxygens (including phenoxy) is 1. The molecule has 0 aromatic heterocycles. The fourth-order valence-corrected chi connectivity index (χ4v) is 5.66. The SMILES string of the molecule is O=C(CCCS(=O)(=O)[O-])OCC12CC3CC(CC(C3)C1)C2. The van der Waals surface area contributed by atoms with Crippen LogP contribution in [0.4, 0.5) is 0 Å². The van der Waals surface area contributed by atoms with Gasteiger partial charge in [-0.15, -0.1) is 0 Å². The van der Waals surface area contributed by atoms with Crippen LogP contribution < -0.4 is 0 Å². The van der Waals surface area contributed by atoms with Gasteiger partial charge in [-0.3, -0.25) is 4.79 Å². The van der Waals surface area contributed by atoms with E-state index in [1.54, 1.807) is 0 Å². The van der Waals surface area contributed by atoms with E-state index in [-0.39, 0.29) is 24.2 Å². The minimum atomic E-state index is -4.23. The lowest BCUT2D eigenvalue weighted by Crippen LogP contribution is -2.48. The maximum atomic E-state index is 11.7. The second kappa shape index (κ2) is 5.54. The van der Waals surface area contributed by atoms with Crippen molar-refractivity contribution < 1.29 is 22.5 Å². The molecule has 0 spiro atoms. The first-order chi connectivity index (χ1) is 9.84. The quantitative estimate of drug-likeness (QED) is 0.553. The largest absolute Gasteiger partial charge is 0.748 e. The molecule has 0 heterocycles. The highest BCUT2D eigenvalue weighted by Gasteiger charge is 2.51. The number of esters is 1. The lowest BCUT2D eigenvalue weighted by molar-refractivity contribution is -0.155. The van der Waals surface area contributed by atoms with Crippen molar-refractivity contribution in [2.45, 2.75) is 51.4 Å². The predicted molar refractivity (Wildman–Crippen MR) is 75.4 cm³/mol. The van der Waals surface area contributed by atoms with Crippen molar-refractivity contribution in [3.8, 4) is 0 Å². The Morgan fingerprint density at radius 1 is 1.10 bits per heavy atom. The molecule has 0 saturated heterocycles. The first-order valence-corrected chi connectivity index (χ1v) is 9.50. The summed E-state index contributed by atoms with van der Waals surface area (Å²) >= 11 is 0. The van der Waals surface area contributed by atoms with Gasteiger partial charge >= 0.3 is 5.97 Å². The molecule has 0 unspecified atom stereocenters. The summed E-state index contributed by atoms with van der Waals surface area (Å²) in [6.07, 6.45) is 7.70. The third-order valence-electron chi connectivity index (χ3n) is 5.48. The van der Waals surface area contributed by atoms with Crippen LogP contribution in [0.3, 0.4) is 0 Å². The van der Waals surface area contributed by atoms with Crippen molar-refractivity contribution in [2.75, 3.05) is 12.4 Å². The van der Waals surface area contributed by atoms with Crippen molar-refractivity contribution in [3.05, 3.63) is 0 Å². The molecule has 4 rings (SSSR count). The highest BCUT2D eigenvalue weighted by atomic mass is 32.2. The van der Waals surface area contributed by atoms with Gasteiger partial charge in [0, 0.05) is 17.6 Å². The van der Waals surface area contributed by atoms with E-state index < -0.39 is 15.9 Å². The van der Waals surface area contributed by atoms with Gasteiger partial charge in [-0.05, 0) is 62.7 Å². The van der Waals surface area contributed by atoms with E-state index in [0.717, 1.165) is 17.8 Å². The lowest BCUT2D eigenvalue weighted by atomic mass is 9.50. The monoisotopic (exact) mass is 315 g/mol. The summed E-state index contributed by atoms with van der Waals surface area (Å²) in [6, 6.07) is 0. The van der Waals surface area contributed by atoms with Gasteiger partial charge in [0.25, 0.3) is 0 Å². The smallest absolute Gasteiger partial charge is 0.305 e. The van der Waals surface area contributed by atoms with Crippen LogP contribution in [0.15, 0.2) is 0 Å². The summed E-state index contributed by atoms with van der Waals surface area (Å²) in [7, 11) is -4.23. The highest BCUT2D eigenvalue weighted by Crippen LogP contribution is 2.60. The average molecular weight is 315 g/mol. The van der Waals surface area contributed by atoms with Crippen molar-refractivity contribution in [2.24, 2.45) is 23.2 Å². The first kappa shape index (κ1) is 15.3. The van der Waals surface area contributed by atoms with Crippen LogP contribution in [0.25, 0.3) is 0 Å². The number of carbonyl (C=O) groups is 1. The maximum absolute atomic E-state index is 11.7. The molecule has 4 saturated carbocycles. The van der Waals surface area contributed by atoms with Crippen LogP contribution in [0.5, 0.6) is 0 Å². The molecule has 21 heavy (non-hydrogen) atoms. The van der Waals surface area contributed by atoms with E-state index in [1.807, 2.05) is 0 Å². The van der Waals surface area contributed by atoms with Gasteiger partial charge in [0.05, 0.1) is 16.7 Å². The third kappa shape index (κ3) is 3.77. The van der Waals surface area contributed by atoms with Gasteiger partial charge in [0.15, 0.2) is 0 Å². The van der Waals surface area contributed by atoms with Crippen LogP contribution in [0.1, 0.15) is 51.4 Å². The van der Waals surface area contributed by atoms with E-state index in [0.29, 0.717) is 6.61 Å². The molecule has 0 aromatic rings. The van der Waals surface area contributed by atoms with Gasteiger partial charge < -0.3 is 9.29 Å². The summed E-state index contributed by atoms with van der Waals surface area (Å²) in [4.78, 5) is 11.7. The van der Waals surface area contributed by atoms with Crippen LogP contribution in [0.2, 0.25) is 0 Å². The molecular formula is C15H23O5S-. The van der Waals surface area contributed by atoms with Gasteiger partial charge in [-0.1, -0.05) is 0 Å². The Morgan fingerprint density at radius 3 is 2.10 bits per heavy atom. The van der Waals surface area contributed by atoms with Crippen LogP contribution in [-0.4, -0.2) is 31.3 Å². The molecule has 6 heteroatoms. The summed E-state index contributed by atoms with van der Waals surface area (Å²) in [6.45, 7) is 0.486. The molecular weight excluding hydrogens is 292 g/mol.